The van der Waals surface area contributed by atoms with Crippen molar-refractivity contribution in [3.05, 3.63) is 29.8 Å². The van der Waals surface area contributed by atoms with E-state index < -0.39 is 11.6 Å². The van der Waals surface area contributed by atoms with Crippen LogP contribution in [-0.2, 0) is 0 Å². The second kappa shape index (κ2) is 7.41. The summed E-state index contributed by atoms with van der Waals surface area (Å²) in [5.41, 5.74) is 0. The highest BCUT2D eigenvalue weighted by Gasteiger charge is 2.30. The maximum Gasteiger partial charge on any atom is 0.159 e. The summed E-state index contributed by atoms with van der Waals surface area (Å²) >= 11 is 1.68. The summed E-state index contributed by atoms with van der Waals surface area (Å²) in [6.07, 6.45) is 6.09. The number of halogens is 2. The number of nitrogens with one attached hydrogen (secondary N) is 1. The van der Waals surface area contributed by atoms with Crippen LogP contribution in [0.5, 0.6) is 0 Å². The smallest absolute Gasteiger partial charge is 0.159 e. The number of thioether (sulfide) groups is 1. The maximum absolute atomic E-state index is 13.3. The topological polar surface area (TPSA) is 12.0 Å². The third-order valence-corrected chi connectivity index (χ3v) is 5.50. The minimum Gasteiger partial charge on any atom is -0.316 e. The lowest BCUT2D eigenvalue weighted by Crippen LogP contribution is -2.40. The van der Waals surface area contributed by atoms with Gasteiger partial charge in [-0.3, -0.25) is 0 Å². The Morgan fingerprint density at radius 1 is 1.25 bits per heavy atom. The maximum atomic E-state index is 13.3. The molecule has 0 heterocycles. The Hall–Kier alpha value is -0.610. The van der Waals surface area contributed by atoms with Gasteiger partial charge in [0.25, 0.3) is 0 Å². The van der Waals surface area contributed by atoms with Crippen LogP contribution in [0.2, 0.25) is 0 Å². The van der Waals surface area contributed by atoms with E-state index in [0.717, 1.165) is 17.2 Å². The average molecular weight is 299 g/mol. The van der Waals surface area contributed by atoms with Gasteiger partial charge >= 0.3 is 0 Å². The third-order valence-electron chi connectivity index (χ3n) is 4.15. The molecule has 1 fully saturated rings. The molecule has 1 aliphatic carbocycles. The van der Waals surface area contributed by atoms with Crippen LogP contribution in [-0.4, -0.2) is 18.3 Å². The monoisotopic (exact) mass is 299 g/mol. The number of rotatable bonds is 5. The lowest BCUT2D eigenvalue weighted by atomic mass is 9.83. The number of benzene rings is 1. The zero-order chi connectivity index (χ0) is 14.5. The van der Waals surface area contributed by atoms with Crippen molar-refractivity contribution in [3.8, 4) is 0 Å². The first kappa shape index (κ1) is 15.8. The van der Waals surface area contributed by atoms with Crippen molar-refractivity contribution in [1.82, 2.24) is 5.32 Å². The van der Waals surface area contributed by atoms with Gasteiger partial charge in [-0.05, 0) is 50.4 Å². The van der Waals surface area contributed by atoms with Crippen LogP contribution in [0, 0.1) is 17.6 Å². The molecule has 0 amide bonds. The van der Waals surface area contributed by atoms with Crippen LogP contribution < -0.4 is 5.32 Å². The predicted octanol–water partition coefficient (Wildman–Crippen LogP) is 4.61. The third kappa shape index (κ3) is 3.95. The van der Waals surface area contributed by atoms with Gasteiger partial charge in [0.1, 0.15) is 0 Å². The van der Waals surface area contributed by atoms with E-state index in [-0.39, 0.29) is 0 Å². The van der Waals surface area contributed by atoms with E-state index in [1.165, 1.54) is 37.8 Å². The molecule has 0 spiro atoms. The fourth-order valence-corrected chi connectivity index (χ4v) is 4.54. The Labute approximate surface area is 124 Å². The predicted molar refractivity (Wildman–Crippen MR) is 81.1 cm³/mol. The summed E-state index contributed by atoms with van der Waals surface area (Å²) < 4.78 is 26.3. The van der Waals surface area contributed by atoms with Crippen LogP contribution in [0.15, 0.2) is 23.1 Å². The molecule has 3 atom stereocenters. The fourth-order valence-electron chi connectivity index (χ4n) is 3.07. The first-order valence-corrected chi connectivity index (χ1v) is 8.31. The lowest BCUT2D eigenvalue weighted by molar-refractivity contribution is 0.295. The van der Waals surface area contributed by atoms with E-state index in [2.05, 4.69) is 12.2 Å². The first-order valence-electron chi connectivity index (χ1n) is 7.43. The molecule has 112 valence electrons. The van der Waals surface area contributed by atoms with Crippen molar-refractivity contribution in [3.63, 3.8) is 0 Å². The van der Waals surface area contributed by atoms with Crippen molar-refractivity contribution < 1.29 is 8.78 Å². The van der Waals surface area contributed by atoms with Gasteiger partial charge in [-0.2, -0.15) is 0 Å². The highest BCUT2D eigenvalue weighted by Crippen LogP contribution is 2.38. The second-order valence-corrected chi connectivity index (χ2v) is 6.91. The molecule has 3 unspecified atom stereocenters. The SMILES string of the molecule is CCCC1CCC(NC)C(Sc2ccc(F)c(F)c2)C1. The standard InChI is InChI=1S/C16H23F2NS/c1-3-4-11-5-8-15(19-2)16(9-11)20-12-6-7-13(17)14(18)10-12/h6-7,10-11,15-16,19H,3-5,8-9H2,1-2H3. The highest BCUT2D eigenvalue weighted by atomic mass is 32.2. The lowest BCUT2D eigenvalue weighted by Gasteiger charge is -2.35. The molecule has 1 aromatic rings. The summed E-state index contributed by atoms with van der Waals surface area (Å²) in [6, 6.07) is 4.68. The molecule has 1 N–H and O–H groups in total. The van der Waals surface area contributed by atoms with Gasteiger partial charge < -0.3 is 5.32 Å². The minimum atomic E-state index is -0.771. The van der Waals surface area contributed by atoms with Gasteiger partial charge in [0, 0.05) is 16.2 Å². The Balaban J connectivity index is 2.04. The van der Waals surface area contributed by atoms with Gasteiger partial charge in [-0.15, -0.1) is 11.8 Å². The van der Waals surface area contributed by atoms with Crippen LogP contribution in [0.1, 0.15) is 39.0 Å². The Morgan fingerprint density at radius 3 is 2.70 bits per heavy atom. The van der Waals surface area contributed by atoms with Crippen molar-refractivity contribution in [2.24, 2.45) is 5.92 Å². The summed E-state index contributed by atoms with van der Waals surface area (Å²) in [7, 11) is 1.99. The normalized spacial score (nSPS) is 26.7. The van der Waals surface area contributed by atoms with Gasteiger partial charge in [0.2, 0.25) is 0 Å². The molecule has 0 aliphatic heterocycles. The molecule has 1 saturated carbocycles. The van der Waals surface area contributed by atoms with Crippen LogP contribution in [0.4, 0.5) is 8.78 Å². The molecular weight excluding hydrogens is 276 g/mol. The average Bonchev–Trinajstić information content (AvgIpc) is 2.44. The Bertz CT molecular complexity index is 438. The van der Waals surface area contributed by atoms with Gasteiger partial charge in [-0.1, -0.05) is 19.8 Å². The Morgan fingerprint density at radius 2 is 2.05 bits per heavy atom. The molecule has 0 bridgehead atoms. The molecule has 0 radical (unpaired) electrons. The molecule has 20 heavy (non-hydrogen) atoms. The van der Waals surface area contributed by atoms with E-state index in [1.807, 2.05) is 7.05 Å². The number of hydrogen-bond donors (Lipinski definition) is 1. The molecule has 2 rings (SSSR count). The number of hydrogen-bond acceptors (Lipinski definition) is 2. The molecule has 0 aromatic heterocycles. The highest BCUT2D eigenvalue weighted by molar-refractivity contribution is 8.00. The first-order chi connectivity index (χ1) is 9.63. The van der Waals surface area contributed by atoms with Gasteiger partial charge in [0.05, 0.1) is 0 Å². The molecule has 1 nitrogen and oxygen atoms in total. The summed E-state index contributed by atoms with van der Waals surface area (Å²) in [5, 5.41) is 3.81. The van der Waals surface area contributed by atoms with Crippen LogP contribution >= 0.6 is 11.8 Å². The van der Waals surface area contributed by atoms with Crippen molar-refractivity contribution >= 4 is 11.8 Å². The van der Waals surface area contributed by atoms with Crippen molar-refractivity contribution in [1.29, 1.82) is 0 Å². The Kier molecular flexibility index (Phi) is 5.85. The van der Waals surface area contributed by atoms with E-state index >= 15 is 0 Å². The van der Waals surface area contributed by atoms with Crippen molar-refractivity contribution in [2.75, 3.05) is 7.05 Å². The molecule has 4 heteroatoms. The molecule has 1 aliphatic rings. The van der Waals surface area contributed by atoms with Crippen LogP contribution in [0.25, 0.3) is 0 Å². The van der Waals surface area contributed by atoms with Gasteiger partial charge in [-0.25, -0.2) is 8.78 Å². The zero-order valence-corrected chi connectivity index (χ0v) is 13.0. The van der Waals surface area contributed by atoms with E-state index in [0.29, 0.717) is 11.3 Å². The largest absolute Gasteiger partial charge is 0.316 e. The van der Waals surface area contributed by atoms with Gasteiger partial charge in [0.15, 0.2) is 11.6 Å². The molecule has 1 aromatic carbocycles. The summed E-state index contributed by atoms with van der Waals surface area (Å²) in [5.74, 6) is -0.753. The fraction of sp³-hybridized carbons (Fsp3) is 0.625. The van der Waals surface area contributed by atoms with E-state index in [4.69, 9.17) is 0 Å². The summed E-state index contributed by atoms with van der Waals surface area (Å²) in [6.45, 7) is 2.22. The van der Waals surface area contributed by atoms with Crippen molar-refractivity contribution in [2.45, 2.75) is 55.2 Å². The van der Waals surface area contributed by atoms with Crippen LogP contribution in [0.3, 0.4) is 0 Å². The molecular formula is C16H23F2NS. The minimum absolute atomic E-state index is 0.440. The van der Waals surface area contributed by atoms with E-state index in [1.54, 1.807) is 17.8 Å². The zero-order valence-electron chi connectivity index (χ0n) is 12.2. The van der Waals surface area contributed by atoms with E-state index in [9.17, 15) is 8.78 Å². The quantitative estimate of drug-likeness (QED) is 0.852. The summed E-state index contributed by atoms with van der Waals surface area (Å²) in [4.78, 5) is 0.825. The molecule has 0 saturated heterocycles. The second-order valence-electron chi connectivity index (χ2n) is 5.60.